The first-order chi connectivity index (χ1) is 11.8. The Hall–Kier alpha value is -2.95. The third-order valence-electron chi connectivity index (χ3n) is 4.48. The first-order valence-corrected chi connectivity index (χ1v) is 8.14. The van der Waals surface area contributed by atoms with Crippen LogP contribution in [0.3, 0.4) is 0 Å². The second-order valence-electron chi connectivity index (χ2n) is 5.92. The number of hydrogen-bond acceptors (Lipinski definition) is 3. The number of pyridine rings is 1. The van der Waals surface area contributed by atoms with Crippen LogP contribution in [0.2, 0.25) is 0 Å². The van der Waals surface area contributed by atoms with Gasteiger partial charge in [-0.15, -0.1) is 0 Å². The Morgan fingerprint density at radius 2 is 1.75 bits per heavy atom. The Balaban J connectivity index is 1.57. The van der Waals surface area contributed by atoms with E-state index < -0.39 is 0 Å². The molecule has 1 aliphatic rings. The smallest absolute Gasteiger partial charge is 0.253 e. The summed E-state index contributed by atoms with van der Waals surface area (Å²) < 4.78 is 0. The molecule has 0 fully saturated rings. The second kappa shape index (κ2) is 6.28. The zero-order valence-corrected chi connectivity index (χ0v) is 13.3. The third-order valence-corrected chi connectivity index (χ3v) is 4.48. The number of carbonyl (C=O) groups excluding carboxylic acids is 1. The molecule has 0 unspecified atom stereocenters. The molecule has 1 amide bonds. The van der Waals surface area contributed by atoms with Gasteiger partial charge in [0.2, 0.25) is 0 Å². The largest absolute Gasteiger partial charge is 0.338 e. The van der Waals surface area contributed by atoms with Crippen molar-refractivity contribution < 1.29 is 4.79 Å². The van der Waals surface area contributed by atoms with Crippen molar-refractivity contribution in [3.05, 3.63) is 71.7 Å². The Morgan fingerprint density at radius 1 is 1.00 bits per heavy atom. The molecule has 0 aliphatic carbocycles. The molecule has 0 spiro atoms. The average molecular weight is 318 g/mol. The third kappa shape index (κ3) is 2.69. The quantitative estimate of drug-likeness (QED) is 0.790. The highest BCUT2D eigenvalue weighted by molar-refractivity contribution is 5.94. The van der Waals surface area contributed by atoms with Gasteiger partial charge >= 0.3 is 0 Å². The van der Waals surface area contributed by atoms with Crippen LogP contribution in [0.15, 0.2) is 54.9 Å². The van der Waals surface area contributed by atoms with Crippen LogP contribution in [0.5, 0.6) is 0 Å². The SMILES string of the molecule is O=C(c1ccncc1)N1CCc2[nH]nc(-c3ccccc3)c2CC1. The van der Waals surface area contributed by atoms with Gasteiger partial charge in [-0.25, -0.2) is 0 Å². The summed E-state index contributed by atoms with van der Waals surface area (Å²) in [4.78, 5) is 18.5. The highest BCUT2D eigenvalue weighted by Crippen LogP contribution is 2.26. The number of hydrogen-bond donors (Lipinski definition) is 1. The van der Waals surface area contributed by atoms with E-state index in [0.717, 1.165) is 29.8 Å². The molecule has 3 aromatic rings. The van der Waals surface area contributed by atoms with Crippen LogP contribution in [-0.2, 0) is 12.8 Å². The number of nitrogens with zero attached hydrogens (tertiary/aromatic N) is 3. The zero-order chi connectivity index (χ0) is 16.4. The van der Waals surface area contributed by atoms with Crippen molar-refractivity contribution >= 4 is 5.91 Å². The van der Waals surface area contributed by atoms with Crippen molar-refractivity contribution in [3.8, 4) is 11.3 Å². The molecule has 1 aromatic carbocycles. The summed E-state index contributed by atoms with van der Waals surface area (Å²) in [6.45, 7) is 1.40. The monoisotopic (exact) mass is 318 g/mol. The predicted octanol–water partition coefficient (Wildman–Crippen LogP) is 2.71. The van der Waals surface area contributed by atoms with E-state index in [-0.39, 0.29) is 5.91 Å². The maximum atomic E-state index is 12.7. The first-order valence-electron chi connectivity index (χ1n) is 8.14. The minimum absolute atomic E-state index is 0.0665. The van der Waals surface area contributed by atoms with Crippen LogP contribution < -0.4 is 0 Å². The summed E-state index contributed by atoms with van der Waals surface area (Å²) in [5.74, 6) is 0.0665. The van der Waals surface area contributed by atoms with Gasteiger partial charge < -0.3 is 4.90 Å². The highest BCUT2D eigenvalue weighted by atomic mass is 16.2. The molecule has 0 atom stereocenters. The number of fused-ring (bicyclic) bond motifs is 1. The molecule has 1 aliphatic heterocycles. The van der Waals surface area contributed by atoms with E-state index >= 15 is 0 Å². The van der Waals surface area contributed by atoms with Gasteiger partial charge in [0.05, 0.1) is 5.69 Å². The predicted molar refractivity (Wildman–Crippen MR) is 91.6 cm³/mol. The van der Waals surface area contributed by atoms with Gasteiger partial charge in [-0.05, 0) is 18.6 Å². The van der Waals surface area contributed by atoms with Crippen LogP contribution in [0.25, 0.3) is 11.3 Å². The number of nitrogens with one attached hydrogen (secondary N) is 1. The van der Waals surface area contributed by atoms with E-state index in [2.05, 4.69) is 27.3 Å². The number of H-pyrrole nitrogens is 1. The average Bonchev–Trinajstić information content (AvgIpc) is 2.94. The molecular weight excluding hydrogens is 300 g/mol. The molecule has 2 aromatic heterocycles. The molecule has 24 heavy (non-hydrogen) atoms. The van der Waals surface area contributed by atoms with Gasteiger partial charge in [0.25, 0.3) is 5.91 Å². The number of aromatic nitrogens is 3. The molecule has 5 nitrogen and oxygen atoms in total. The Morgan fingerprint density at radius 3 is 2.54 bits per heavy atom. The maximum absolute atomic E-state index is 12.7. The standard InChI is InChI=1S/C19H18N4O/c24-19(15-6-10-20-11-7-15)23-12-8-16-17(9-13-23)21-22-18(16)14-4-2-1-3-5-14/h1-7,10-11H,8-9,12-13H2,(H,21,22). The fraction of sp³-hybridized carbons (Fsp3) is 0.211. The molecule has 1 N–H and O–H groups in total. The van der Waals surface area contributed by atoms with E-state index in [0.29, 0.717) is 18.7 Å². The molecule has 0 bridgehead atoms. The lowest BCUT2D eigenvalue weighted by Gasteiger charge is -2.20. The number of aromatic amines is 1. The summed E-state index contributed by atoms with van der Waals surface area (Å²) in [6.07, 6.45) is 4.93. The molecule has 0 radical (unpaired) electrons. The Kier molecular flexibility index (Phi) is 3.83. The lowest BCUT2D eigenvalue weighted by atomic mass is 10.0. The molecular formula is C19H18N4O. The Labute approximate surface area is 140 Å². The normalized spacial score (nSPS) is 14.1. The number of benzene rings is 1. The van der Waals surface area contributed by atoms with Crippen molar-refractivity contribution in [3.63, 3.8) is 0 Å². The minimum Gasteiger partial charge on any atom is -0.338 e. The van der Waals surface area contributed by atoms with Gasteiger partial charge in [0.15, 0.2) is 0 Å². The van der Waals surface area contributed by atoms with Gasteiger partial charge in [-0.1, -0.05) is 30.3 Å². The van der Waals surface area contributed by atoms with Crippen molar-refractivity contribution in [2.24, 2.45) is 0 Å². The van der Waals surface area contributed by atoms with Crippen LogP contribution in [0, 0.1) is 0 Å². The van der Waals surface area contributed by atoms with Gasteiger partial charge in [0.1, 0.15) is 0 Å². The van der Waals surface area contributed by atoms with Crippen molar-refractivity contribution in [1.82, 2.24) is 20.1 Å². The van der Waals surface area contributed by atoms with Gasteiger partial charge in [-0.2, -0.15) is 5.10 Å². The first kappa shape index (κ1) is 14.6. The molecule has 4 rings (SSSR count). The van der Waals surface area contributed by atoms with Crippen LogP contribution in [-0.4, -0.2) is 39.1 Å². The summed E-state index contributed by atoms with van der Waals surface area (Å²) in [5, 5.41) is 7.67. The number of carbonyl (C=O) groups is 1. The van der Waals surface area contributed by atoms with Gasteiger partial charge in [0, 0.05) is 54.3 Å². The van der Waals surface area contributed by atoms with Gasteiger partial charge in [-0.3, -0.25) is 14.9 Å². The minimum atomic E-state index is 0.0665. The van der Waals surface area contributed by atoms with E-state index in [9.17, 15) is 4.79 Å². The fourth-order valence-electron chi connectivity index (χ4n) is 3.20. The summed E-state index contributed by atoms with van der Waals surface area (Å²) in [6, 6.07) is 13.7. The van der Waals surface area contributed by atoms with Crippen molar-refractivity contribution in [2.45, 2.75) is 12.8 Å². The maximum Gasteiger partial charge on any atom is 0.253 e. The molecule has 0 saturated heterocycles. The van der Waals surface area contributed by atoms with Crippen LogP contribution in [0.4, 0.5) is 0 Å². The summed E-state index contributed by atoms with van der Waals surface area (Å²) in [5.41, 5.74) is 5.18. The fourth-order valence-corrected chi connectivity index (χ4v) is 3.20. The molecule has 120 valence electrons. The van der Waals surface area contributed by atoms with Crippen molar-refractivity contribution in [1.29, 1.82) is 0 Å². The zero-order valence-electron chi connectivity index (χ0n) is 13.3. The molecule has 0 saturated carbocycles. The topological polar surface area (TPSA) is 61.9 Å². The Bertz CT molecular complexity index is 842. The number of rotatable bonds is 2. The second-order valence-corrected chi connectivity index (χ2v) is 5.92. The highest BCUT2D eigenvalue weighted by Gasteiger charge is 2.23. The van der Waals surface area contributed by atoms with Crippen molar-refractivity contribution in [2.75, 3.05) is 13.1 Å². The lowest BCUT2D eigenvalue weighted by Crippen LogP contribution is -2.33. The van der Waals surface area contributed by atoms with Crippen LogP contribution >= 0.6 is 0 Å². The van der Waals surface area contributed by atoms with E-state index in [1.807, 2.05) is 23.1 Å². The van der Waals surface area contributed by atoms with E-state index in [4.69, 9.17) is 0 Å². The molecule has 5 heteroatoms. The summed E-state index contributed by atoms with van der Waals surface area (Å²) >= 11 is 0. The number of amides is 1. The molecule has 3 heterocycles. The lowest BCUT2D eigenvalue weighted by molar-refractivity contribution is 0.0762. The van der Waals surface area contributed by atoms with E-state index in [1.165, 1.54) is 5.56 Å². The van der Waals surface area contributed by atoms with Crippen LogP contribution in [0.1, 0.15) is 21.6 Å². The summed E-state index contributed by atoms with van der Waals surface area (Å²) in [7, 11) is 0. The van der Waals surface area contributed by atoms with E-state index in [1.54, 1.807) is 24.5 Å².